The largest absolute Gasteiger partial charge is 0.353 e. The van der Waals surface area contributed by atoms with Crippen molar-refractivity contribution in [3.05, 3.63) is 40.9 Å². The lowest BCUT2D eigenvalue weighted by atomic mass is 9.96. The Hall–Kier alpha value is -2.52. The second-order valence-electron chi connectivity index (χ2n) is 10.5. The maximum absolute atomic E-state index is 4.92. The van der Waals surface area contributed by atoms with Crippen LogP contribution in [0, 0.1) is 11.8 Å². The Balaban J connectivity index is 1.05. The SMILES string of the molecule is CC1=CC(c2cnc(Nc3cnc(CNC(C4CC4)C4CC4)cn3)s2)N=C(NC2CCCCC2)N1. The highest BCUT2D eigenvalue weighted by Gasteiger charge is 2.41. The fourth-order valence-electron chi connectivity index (χ4n) is 5.29. The number of aromatic nitrogens is 3. The van der Waals surface area contributed by atoms with E-state index < -0.39 is 0 Å². The topological polar surface area (TPSA) is 99.2 Å². The van der Waals surface area contributed by atoms with Crippen LogP contribution in [0.4, 0.5) is 10.9 Å². The number of guanidine groups is 1. The van der Waals surface area contributed by atoms with Gasteiger partial charge in [-0.25, -0.2) is 15.0 Å². The number of nitrogens with zero attached hydrogens (tertiary/aromatic N) is 4. The molecule has 1 aliphatic heterocycles. The van der Waals surface area contributed by atoms with Gasteiger partial charge in [-0.05, 0) is 63.4 Å². The van der Waals surface area contributed by atoms with E-state index >= 15 is 0 Å². The molecule has 2 aromatic heterocycles. The average molecular weight is 493 g/mol. The van der Waals surface area contributed by atoms with Gasteiger partial charge in [-0.3, -0.25) is 4.98 Å². The summed E-state index contributed by atoms with van der Waals surface area (Å²) in [5, 5.41) is 14.9. The van der Waals surface area contributed by atoms with Crippen LogP contribution in [0.2, 0.25) is 0 Å². The number of thiazole rings is 1. The van der Waals surface area contributed by atoms with Crippen LogP contribution in [-0.2, 0) is 6.54 Å². The van der Waals surface area contributed by atoms with Crippen molar-refractivity contribution in [1.82, 2.24) is 30.9 Å². The van der Waals surface area contributed by atoms with Gasteiger partial charge in [0.2, 0.25) is 0 Å². The Morgan fingerprint density at radius 2 is 1.77 bits per heavy atom. The molecule has 3 aliphatic carbocycles. The van der Waals surface area contributed by atoms with Crippen LogP contribution in [0.15, 0.2) is 35.4 Å². The number of allylic oxidation sites excluding steroid dienone is 1. The van der Waals surface area contributed by atoms with Crippen LogP contribution in [0.5, 0.6) is 0 Å². The number of rotatable bonds is 9. The Morgan fingerprint density at radius 3 is 2.49 bits per heavy atom. The Kier molecular flexibility index (Phi) is 6.69. The van der Waals surface area contributed by atoms with Crippen LogP contribution in [-0.4, -0.2) is 33.0 Å². The summed E-state index contributed by atoms with van der Waals surface area (Å²) in [6, 6.07) is 1.17. The smallest absolute Gasteiger partial charge is 0.196 e. The van der Waals surface area contributed by atoms with Gasteiger partial charge >= 0.3 is 0 Å². The molecule has 186 valence electrons. The highest BCUT2D eigenvalue weighted by atomic mass is 32.1. The predicted octanol–water partition coefficient (Wildman–Crippen LogP) is 4.78. The van der Waals surface area contributed by atoms with Crippen LogP contribution >= 0.6 is 11.3 Å². The standard InChI is InChI=1S/C26H36N8S/c1-16-11-21(33-25(31-16)32-19-5-3-2-4-6-19)22-14-30-26(35-22)34-23-15-27-20(12-28-23)13-29-24(17-7-8-17)18-9-10-18/h11-12,14-15,17-19,21,24,29H,2-10,13H2,1H3,(H,28,30,34)(H2,31,32,33). The average Bonchev–Trinajstić information content (AvgIpc) is 3.81. The summed E-state index contributed by atoms with van der Waals surface area (Å²) in [5.41, 5.74) is 2.11. The van der Waals surface area contributed by atoms with E-state index in [1.807, 2.05) is 12.4 Å². The molecule has 0 bridgehead atoms. The first-order chi connectivity index (χ1) is 17.2. The first-order valence-electron chi connectivity index (χ1n) is 13.3. The monoisotopic (exact) mass is 492 g/mol. The molecule has 3 fully saturated rings. The molecule has 0 radical (unpaired) electrons. The summed E-state index contributed by atoms with van der Waals surface area (Å²) in [6.07, 6.45) is 19.7. The second kappa shape index (κ2) is 10.2. The molecule has 9 heteroatoms. The van der Waals surface area contributed by atoms with Gasteiger partial charge in [0.1, 0.15) is 6.04 Å². The summed E-state index contributed by atoms with van der Waals surface area (Å²) < 4.78 is 0. The molecule has 4 aliphatic rings. The quantitative estimate of drug-likeness (QED) is 0.400. The lowest BCUT2D eigenvalue weighted by Gasteiger charge is -2.27. The van der Waals surface area contributed by atoms with E-state index in [0.717, 1.165) is 51.6 Å². The van der Waals surface area contributed by atoms with Gasteiger partial charge in [-0.15, -0.1) is 0 Å². The minimum Gasteiger partial charge on any atom is -0.353 e. The number of hydrogen-bond donors (Lipinski definition) is 4. The van der Waals surface area contributed by atoms with Gasteiger partial charge in [0.15, 0.2) is 16.9 Å². The molecule has 6 rings (SSSR count). The molecular formula is C26H36N8S. The summed E-state index contributed by atoms with van der Waals surface area (Å²) in [4.78, 5) is 19.8. The molecule has 35 heavy (non-hydrogen) atoms. The molecule has 8 nitrogen and oxygen atoms in total. The summed E-state index contributed by atoms with van der Waals surface area (Å²) in [6.45, 7) is 2.89. The van der Waals surface area contributed by atoms with Gasteiger partial charge in [0, 0.05) is 30.5 Å². The first-order valence-corrected chi connectivity index (χ1v) is 14.1. The van der Waals surface area contributed by atoms with Gasteiger partial charge < -0.3 is 21.3 Å². The van der Waals surface area contributed by atoms with Crippen molar-refractivity contribution >= 4 is 28.2 Å². The van der Waals surface area contributed by atoms with E-state index in [1.54, 1.807) is 17.5 Å². The van der Waals surface area contributed by atoms with Crippen molar-refractivity contribution in [3.8, 4) is 0 Å². The van der Waals surface area contributed by atoms with E-state index in [0.29, 0.717) is 12.1 Å². The number of aliphatic imine (C=N–C) groups is 1. The fraction of sp³-hybridized carbons (Fsp3) is 0.615. The fourth-order valence-corrected chi connectivity index (χ4v) is 6.12. The second-order valence-corrected chi connectivity index (χ2v) is 11.6. The molecule has 0 saturated heterocycles. The zero-order valence-electron chi connectivity index (χ0n) is 20.5. The molecule has 1 unspecified atom stereocenters. The molecular weight excluding hydrogens is 456 g/mol. The van der Waals surface area contributed by atoms with Crippen LogP contribution in [0.25, 0.3) is 0 Å². The molecule has 2 aromatic rings. The van der Waals surface area contributed by atoms with Crippen LogP contribution < -0.4 is 21.3 Å². The Morgan fingerprint density at radius 1 is 0.971 bits per heavy atom. The Labute approximate surface area is 211 Å². The van der Waals surface area contributed by atoms with Crippen molar-refractivity contribution in [2.75, 3.05) is 5.32 Å². The van der Waals surface area contributed by atoms with Crippen molar-refractivity contribution < 1.29 is 0 Å². The molecule has 0 aromatic carbocycles. The molecule has 0 spiro atoms. The van der Waals surface area contributed by atoms with Crippen LogP contribution in [0.1, 0.15) is 81.3 Å². The third kappa shape index (κ3) is 6.01. The minimum absolute atomic E-state index is 0.0270. The third-order valence-electron chi connectivity index (χ3n) is 7.47. The van der Waals surface area contributed by atoms with Gasteiger partial charge in [0.05, 0.1) is 23.0 Å². The molecule has 3 heterocycles. The van der Waals surface area contributed by atoms with Crippen molar-refractivity contribution in [3.63, 3.8) is 0 Å². The van der Waals surface area contributed by atoms with Gasteiger partial charge in [0.25, 0.3) is 0 Å². The lowest BCUT2D eigenvalue weighted by molar-refractivity contribution is 0.410. The normalized spacial score (nSPS) is 23.0. The van der Waals surface area contributed by atoms with Crippen molar-refractivity contribution in [2.24, 2.45) is 16.8 Å². The number of hydrogen-bond acceptors (Lipinski definition) is 9. The highest BCUT2D eigenvalue weighted by molar-refractivity contribution is 7.15. The van der Waals surface area contributed by atoms with Crippen molar-refractivity contribution in [2.45, 2.75) is 89.4 Å². The molecule has 3 saturated carbocycles. The van der Waals surface area contributed by atoms with E-state index in [9.17, 15) is 0 Å². The summed E-state index contributed by atoms with van der Waals surface area (Å²) in [7, 11) is 0. The Bertz CT molecular complexity index is 1050. The van der Waals surface area contributed by atoms with E-state index in [-0.39, 0.29) is 6.04 Å². The maximum Gasteiger partial charge on any atom is 0.196 e. The lowest BCUT2D eigenvalue weighted by Crippen LogP contribution is -2.44. The summed E-state index contributed by atoms with van der Waals surface area (Å²) >= 11 is 1.61. The van der Waals surface area contributed by atoms with Gasteiger partial charge in [-0.2, -0.15) is 0 Å². The van der Waals surface area contributed by atoms with Crippen LogP contribution in [0.3, 0.4) is 0 Å². The van der Waals surface area contributed by atoms with Crippen molar-refractivity contribution in [1.29, 1.82) is 0 Å². The zero-order chi connectivity index (χ0) is 23.6. The highest BCUT2D eigenvalue weighted by Crippen LogP contribution is 2.44. The maximum atomic E-state index is 4.92. The molecule has 0 amide bonds. The minimum atomic E-state index is -0.0270. The zero-order valence-corrected chi connectivity index (χ0v) is 21.3. The summed E-state index contributed by atoms with van der Waals surface area (Å²) in [5.74, 6) is 3.37. The number of nitrogens with one attached hydrogen (secondary N) is 4. The molecule has 4 N–H and O–H groups in total. The number of anilines is 2. The van der Waals surface area contributed by atoms with E-state index in [2.05, 4.69) is 49.2 Å². The third-order valence-corrected chi connectivity index (χ3v) is 8.46. The van der Waals surface area contributed by atoms with Gasteiger partial charge in [-0.1, -0.05) is 30.6 Å². The van der Waals surface area contributed by atoms with E-state index in [1.165, 1.54) is 57.8 Å². The first kappa shape index (κ1) is 22.9. The molecule has 1 atom stereocenters. The van der Waals surface area contributed by atoms with E-state index in [4.69, 9.17) is 4.99 Å². The predicted molar refractivity (Wildman–Crippen MR) is 141 cm³/mol.